The van der Waals surface area contributed by atoms with E-state index in [9.17, 15) is 20.0 Å². The van der Waals surface area contributed by atoms with Gasteiger partial charge in [0.2, 0.25) is 0 Å². The first-order valence-electron chi connectivity index (χ1n) is 6.98. The largest absolute Gasteiger partial charge is 0.394 e. The molecule has 1 aliphatic heterocycles. The molecule has 1 amide bonds. The number of aromatic nitrogens is 1. The number of nitrogens with zero attached hydrogens (tertiary/aromatic N) is 3. The van der Waals surface area contributed by atoms with Crippen LogP contribution in [0.3, 0.4) is 0 Å². The Labute approximate surface area is 122 Å². The van der Waals surface area contributed by atoms with Crippen molar-refractivity contribution in [1.29, 1.82) is 0 Å². The van der Waals surface area contributed by atoms with E-state index < -0.39 is 4.92 Å². The summed E-state index contributed by atoms with van der Waals surface area (Å²) < 4.78 is 0. The second-order valence-electron chi connectivity index (χ2n) is 5.45. The summed E-state index contributed by atoms with van der Waals surface area (Å²) in [4.78, 5) is 28.5. The highest BCUT2D eigenvalue weighted by molar-refractivity contribution is 5.96. The van der Waals surface area contributed by atoms with Crippen LogP contribution in [0.1, 0.15) is 35.8 Å². The minimum Gasteiger partial charge on any atom is -0.394 e. The number of pyridine rings is 1. The summed E-state index contributed by atoms with van der Waals surface area (Å²) in [6.45, 7) is 4.10. The van der Waals surface area contributed by atoms with Gasteiger partial charge in [0.05, 0.1) is 28.8 Å². The van der Waals surface area contributed by atoms with Crippen molar-refractivity contribution in [2.45, 2.75) is 32.7 Å². The molecule has 0 radical (unpaired) electrons. The lowest BCUT2D eigenvalue weighted by molar-refractivity contribution is -0.385. The lowest BCUT2D eigenvalue weighted by Crippen LogP contribution is -2.49. The number of likely N-dealkylation sites (tertiary alicyclic amines) is 1. The van der Waals surface area contributed by atoms with Crippen LogP contribution in [0.5, 0.6) is 0 Å². The fourth-order valence-corrected chi connectivity index (χ4v) is 2.77. The van der Waals surface area contributed by atoms with E-state index in [1.54, 1.807) is 11.8 Å². The molecule has 0 aromatic carbocycles. The van der Waals surface area contributed by atoms with Gasteiger partial charge in [-0.1, -0.05) is 6.92 Å². The zero-order chi connectivity index (χ0) is 15.6. The molecular weight excluding hydrogens is 274 g/mol. The van der Waals surface area contributed by atoms with Gasteiger partial charge in [0.15, 0.2) is 0 Å². The molecule has 0 aliphatic carbocycles. The molecule has 114 valence electrons. The SMILES string of the molecule is Cc1ncc([N+](=O)[O-])cc1C(=O)N1CCCC(C)C1CO. The summed E-state index contributed by atoms with van der Waals surface area (Å²) >= 11 is 0. The van der Waals surface area contributed by atoms with Gasteiger partial charge in [-0.05, 0) is 25.7 Å². The third-order valence-electron chi connectivity index (χ3n) is 4.08. The second kappa shape index (κ2) is 6.17. The number of amides is 1. The van der Waals surface area contributed by atoms with Crippen LogP contribution >= 0.6 is 0 Å². The summed E-state index contributed by atoms with van der Waals surface area (Å²) in [6.07, 6.45) is 2.97. The molecule has 2 atom stereocenters. The van der Waals surface area contributed by atoms with Gasteiger partial charge in [0.1, 0.15) is 6.20 Å². The summed E-state index contributed by atoms with van der Waals surface area (Å²) in [6, 6.07) is 1.02. The van der Waals surface area contributed by atoms with Crippen LogP contribution in [-0.4, -0.2) is 45.0 Å². The molecule has 0 bridgehead atoms. The number of nitro groups is 1. The Balaban J connectivity index is 2.34. The highest BCUT2D eigenvalue weighted by Crippen LogP contribution is 2.26. The lowest BCUT2D eigenvalue weighted by Gasteiger charge is -2.39. The molecule has 1 N–H and O–H groups in total. The molecule has 1 aromatic rings. The Kier molecular flexibility index (Phi) is 4.52. The van der Waals surface area contributed by atoms with Crippen LogP contribution in [0.15, 0.2) is 12.3 Å². The molecule has 1 aromatic heterocycles. The van der Waals surface area contributed by atoms with Crippen molar-refractivity contribution in [2.75, 3.05) is 13.2 Å². The second-order valence-corrected chi connectivity index (χ2v) is 5.45. The van der Waals surface area contributed by atoms with Crippen molar-refractivity contribution in [3.63, 3.8) is 0 Å². The van der Waals surface area contributed by atoms with Crippen molar-refractivity contribution >= 4 is 11.6 Å². The highest BCUT2D eigenvalue weighted by atomic mass is 16.6. The Morgan fingerprint density at radius 1 is 1.62 bits per heavy atom. The molecule has 1 fully saturated rings. The molecule has 0 saturated carbocycles. The van der Waals surface area contributed by atoms with Gasteiger partial charge in [-0.3, -0.25) is 19.9 Å². The average molecular weight is 293 g/mol. The average Bonchev–Trinajstić information content (AvgIpc) is 2.46. The topological polar surface area (TPSA) is 96.6 Å². The predicted octanol–water partition coefficient (Wildman–Crippen LogP) is 1.53. The van der Waals surface area contributed by atoms with Crippen molar-refractivity contribution in [1.82, 2.24) is 9.88 Å². The summed E-state index contributed by atoms with van der Waals surface area (Å²) in [7, 11) is 0. The van der Waals surface area contributed by atoms with Gasteiger partial charge in [0, 0.05) is 12.6 Å². The Bertz CT molecular complexity index is 561. The normalized spacial score (nSPS) is 22.1. The summed E-state index contributed by atoms with van der Waals surface area (Å²) in [5.41, 5.74) is 0.492. The molecule has 21 heavy (non-hydrogen) atoms. The van der Waals surface area contributed by atoms with Gasteiger partial charge in [-0.15, -0.1) is 0 Å². The zero-order valence-corrected chi connectivity index (χ0v) is 12.2. The number of aliphatic hydroxyl groups excluding tert-OH is 1. The molecule has 7 heteroatoms. The van der Waals surface area contributed by atoms with Gasteiger partial charge in [-0.2, -0.15) is 0 Å². The fourth-order valence-electron chi connectivity index (χ4n) is 2.77. The van der Waals surface area contributed by atoms with Gasteiger partial charge >= 0.3 is 0 Å². The van der Waals surface area contributed by atoms with Crippen LogP contribution in [0.4, 0.5) is 5.69 Å². The number of rotatable bonds is 3. The number of carbonyl (C=O) groups is 1. The number of hydrogen-bond donors (Lipinski definition) is 1. The lowest BCUT2D eigenvalue weighted by atomic mass is 9.90. The maximum atomic E-state index is 12.7. The summed E-state index contributed by atoms with van der Waals surface area (Å²) in [5.74, 6) is -0.0889. The summed E-state index contributed by atoms with van der Waals surface area (Å²) in [5, 5.41) is 20.4. The molecule has 1 aliphatic rings. The molecule has 0 spiro atoms. The van der Waals surface area contributed by atoms with E-state index in [-0.39, 0.29) is 35.7 Å². The van der Waals surface area contributed by atoms with Crippen LogP contribution in [0.25, 0.3) is 0 Å². The van der Waals surface area contributed by atoms with Crippen LogP contribution < -0.4 is 0 Å². The van der Waals surface area contributed by atoms with E-state index in [4.69, 9.17) is 0 Å². The van der Waals surface area contributed by atoms with E-state index >= 15 is 0 Å². The van der Waals surface area contributed by atoms with Crippen LogP contribution in [-0.2, 0) is 0 Å². The first kappa shape index (κ1) is 15.4. The van der Waals surface area contributed by atoms with E-state index in [2.05, 4.69) is 4.98 Å². The minimum atomic E-state index is -0.564. The third kappa shape index (κ3) is 3.02. The van der Waals surface area contributed by atoms with Crippen molar-refractivity contribution in [3.8, 4) is 0 Å². The molecule has 2 heterocycles. The standard InChI is InChI=1S/C14H19N3O4/c1-9-4-3-5-16(13(9)8-18)14(19)12-6-11(17(20)21)7-15-10(12)2/h6-7,9,13,18H,3-5,8H2,1-2H3. The number of carbonyl (C=O) groups excluding carboxylic acids is 1. The molecule has 7 nitrogen and oxygen atoms in total. The monoisotopic (exact) mass is 293 g/mol. The minimum absolute atomic E-state index is 0.103. The molecule has 2 rings (SSSR count). The van der Waals surface area contributed by atoms with E-state index in [0.29, 0.717) is 12.2 Å². The Hall–Kier alpha value is -2.02. The van der Waals surface area contributed by atoms with Crippen molar-refractivity contribution in [3.05, 3.63) is 33.6 Å². The highest BCUT2D eigenvalue weighted by Gasteiger charge is 2.33. The quantitative estimate of drug-likeness (QED) is 0.673. The van der Waals surface area contributed by atoms with E-state index in [1.165, 1.54) is 6.07 Å². The first-order chi connectivity index (χ1) is 9.95. The maximum Gasteiger partial charge on any atom is 0.288 e. The maximum absolute atomic E-state index is 12.7. The Morgan fingerprint density at radius 3 is 2.95 bits per heavy atom. The van der Waals surface area contributed by atoms with Crippen molar-refractivity contribution < 1.29 is 14.8 Å². The molecule has 2 unspecified atom stereocenters. The van der Waals surface area contributed by atoms with Gasteiger partial charge in [-0.25, -0.2) is 0 Å². The third-order valence-corrected chi connectivity index (χ3v) is 4.08. The van der Waals surface area contributed by atoms with Crippen molar-refractivity contribution in [2.24, 2.45) is 5.92 Å². The van der Waals surface area contributed by atoms with Gasteiger partial charge in [0.25, 0.3) is 11.6 Å². The molecular formula is C14H19N3O4. The predicted molar refractivity (Wildman–Crippen MR) is 75.9 cm³/mol. The van der Waals surface area contributed by atoms with Crippen LogP contribution in [0.2, 0.25) is 0 Å². The number of aliphatic hydroxyl groups is 1. The number of aryl methyl sites for hydroxylation is 1. The fraction of sp³-hybridized carbons (Fsp3) is 0.571. The Morgan fingerprint density at radius 2 is 2.33 bits per heavy atom. The van der Waals surface area contributed by atoms with Gasteiger partial charge < -0.3 is 10.0 Å². The van der Waals surface area contributed by atoms with E-state index in [0.717, 1.165) is 19.0 Å². The van der Waals surface area contributed by atoms with Crippen LogP contribution in [0, 0.1) is 23.0 Å². The number of piperidine rings is 1. The number of hydrogen-bond acceptors (Lipinski definition) is 5. The smallest absolute Gasteiger partial charge is 0.288 e. The zero-order valence-electron chi connectivity index (χ0n) is 12.2. The molecule has 1 saturated heterocycles. The first-order valence-corrected chi connectivity index (χ1v) is 6.98. The van der Waals surface area contributed by atoms with E-state index in [1.807, 2.05) is 6.92 Å².